The van der Waals surface area contributed by atoms with E-state index in [2.05, 4.69) is 11.1 Å². The SMILES string of the molecule is O=Cc1ccc(Oc2ccc3ccccc3c2)nc1. The standard InChI is InChI=1S/C16H11NO2/c18-11-12-5-8-16(17-10-12)19-15-7-6-13-3-1-2-4-14(13)9-15/h1-11H. The van der Waals surface area contributed by atoms with Gasteiger partial charge in [-0.25, -0.2) is 4.98 Å². The van der Waals surface area contributed by atoms with E-state index in [1.165, 1.54) is 11.6 Å². The third-order valence-corrected chi connectivity index (χ3v) is 2.84. The fourth-order valence-corrected chi connectivity index (χ4v) is 1.87. The molecule has 0 aliphatic heterocycles. The van der Waals surface area contributed by atoms with Crippen LogP contribution in [0, 0.1) is 0 Å². The van der Waals surface area contributed by atoms with Crippen molar-refractivity contribution in [2.75, 3.05) is 0 Å². The first kappa shape index (κ1) is 11.4. The molecule has 0 N–H and O–H groups in total. The van der Waals surface area contributed by atoms with E-state index < -0.39 is 0 Å². The van der Waals surface area contributed by atoms with Gasteiger partial charge in [-0.15, -0.1) is 0 Å². The van der Waals surface area contributed by atoms with Crippen molar-refractivity contribution >= 4 is 17.1 Å². The average molecular weight is 249 g/mol. The van der Waals surface area contributed by atoms with Gasteiger partial charge < -0.3 is 4.74 Å². The van der Waals surface area contributed by atoms with E-state index >= 15 is 0 Å². The maximum absolute atomic E-state index is 10.5. The summed E-state index contributed by atoms with van der Waals surface area (Å²) in [5, 5.41) is 2.28. The Morgan fingerprint density at radius 1 is 0.947 bits per heavy atom. The lowest BCUT2D eigenvalue weighted by Crippen LogP contribution is -1.89. The number of ether oxygens (including phenoxy) is 1. The van der Waals surface area contributed by atoms with Gasteiger partial charge in [-0.3, -0.25) is 4.79 Å². The molecule has 3 heteroatoms. The molecular formula is C16H11NO2. The van der Waals surface area contributed by atoms with Crippen LogP contribution < -0.4 is 4.74 Å². The summed E-state index contributed by atoms with van der Waals surface area (Å²) < 4.78 is 5.66. The molecule has 0 bridgehead atoms. The monoisotopic (exact) mass is 249 g/mol. The van der Waals surface area contributed by atoms with Crippen molar-refractivity contribution in [3.8, 4) is 11.6 Å². The van der Waals surface area contributed by atoms with Crippen LogP contribution in [0.25, 0.3) is 10.8 Å². The Kier molecular flexibility index (Phi) is 2.94. The number of aldehydes is 1. The summed E-state index contributed by atoms with van der Waals surface area (Å²) in [5.41, 5.74) is 0.533. The Balaban J connectivity index is 1.89. The van der Waals surface area contributed by atoms with Crippen LogP contribution in [-0.2, 0) is 0 Å². The van der Waals surface area contributed by atoms with Crippen molar-refractivity contribution in [2.45, 2.75) is 0 Å². The van der Waals surface area contributed by atoms with E-state index in [4.69, 9.17) is 4.74 Å². The number of pyridine rings is 1. The van der Waals surface area contributed by atoms with E-state index in [0.29, 0.717) is 11.4 Å². The zero-order chi connectivity index (χ0) is 13.1. The van der Waals surface area contributed by atoms with Crippen molar-refractivity contribution < 1.29 is 9.53 Å². The van der Waals surface area contributed by atoms with Crippen molar-refractivity contribution in [1.82, 2.24) is 4.98 Å². The predicted octanol–water partition coefficient (Wildman–Crippen LogP) is 3.84. The van der Waals surface area contributed by atoms with Crippen LogP contribution in [0.4, 0.5) is 0 Å². The number of fused-ring (bicyclic) bond motifs is 1. The summed E-state index contributed by atoms with van der Waals surface area (Å²) in [6, 6.07) is 17.3. The second kappa shape index (κ2) is 4.90. The van der Waals surface area contributed by atoms with Crippen LogP contribution in [0.1, 0.15) is 10.4 Å². The molecule has 3 rings (SSSR count). The molecular weight excluding hydrogens is 238 g/mol. The lowest BCUT2D eigenvalue weighted by Gasteiger charge is -2.05. The number of benzene rings is 2. The van der Waals surface area contributed by atoms with Crippen LogP contribution in [0.2, 0.25) is 0 Å². The predicted molar refractivity (Wildman–Crippen MR) is 73.6 cm³/mol. The first-order valence-electron chi connectivity index (χ1n) is 5.93. The molecule has 0 saturated carbocycles. The lowest BCUT2D eigenvalue weighted by molar-refractivity contribution is 0.112. The molecule has 0 atom stereocenters. The van der Waals surface area contributed by atoms with Crippen LogP contribution in [0.15, 0.2) is 60.8 Å². The molecule has 92 valence electrons. The molecule has 3 aromatic rings. The van der Waals surface area contributed by atoms with E-state index in [-0.39, 0.29) is 0 Å². The molecule has 0 amide bonds. The number of rotatable bonds is 3. The Morgan fingerprint density at radius 3 is 2.53 bits per heavy atom. The van der Waals surface area contributed by atoms with E-state index in [1.54, 1.807) is 12.1 Å². The zero-order valence-corrected chi connectivity index (χ0v) is 10.1. The molecule has 1 aromatic heterocycles. The van der Waals surface area contributed by atoms with Crippen molar-refractivity contribution in [2.24, 2.45) is 0 Å². The Hall–Kier alpha value is -2.68. The highest BCUT2D eigenvalue weighted by molar-refractivity contribution is 5.83. The molecule has 3 nitrogen and oxygen atoms in total. The highest BCUT2D eigenvalue weighted by atomic mass is 16.5. The van der Waals surface area contributed by atoms with Gasteiger partial charge in [0.25, 0.3) is 0 Å². The first-order valence-corrected chi connectivity index (χ1v) is 5.93. The smallest absolute Gasteiger partial charge is 0.219 e. The summed E-state index contributed by atoms with van der Waals surface area (Å²) in [6.45, 7) is 0. The maximum atomic E-state index is 10.5. The normalized spacial score (nSPS) is 10.3. The minimum atomic E-state index is 0.473. The highest BCUT2D eigenvalue weighted by Gasteiger charge is 2.00. The molecule has 0 radical (unpaired) electrons. The first-order chi connectivity index (χ1) is 9.35. The number of nitrogens with zero attached hydrogens (tertiary/aromatic N) is 1. The number of aromatic nitrogens is 1. The largest absolute Gasteiger partial charge is 0.439 e. The maximum Gasteiger partial charge on any atom is 0.219 e. The van der Waals surface area contributed by atoms with Gasteiger partial charge >= 0.3 is 0 Å². The number of hydrogen-bond acceptors (Lipinski definition) is 3. The molecule has 1 heterocycles. The van der Waals surface area contributed by atoms with Crippen molar-refractivity contribution in [3.05, 3.63) is 66.4 Å². The van der Waals surface area contributed by atoms with Gasteiger partial charge in [0, 0.05) is 17.8 Å². The molecule has 19 heavy (non-hydrogen) atoms. The third kappa shape index (κ3) is 2.45. The molecule has 0 aliphatic carbocycles. The zero-order valence-electron chi connectivity index (χ0n) is 10.1. The van der Waals surface area contributed by atoms with Gasteiger partial charge in [0.15, 0.2) is 6.29 Å². The van der Waals surface area contributed by atoms with Crippen LogP contribution >= 0.6 is 0 Å². The number of carbonyl (C=O) groups excluding carboxylic acids is 1. The van der Waals surface area contributed by atoms with Gasteiger partial charge in [-0.1, -0.05) is 30.3 Å². The van der Waals surface area contributed by atoms with Gasteiger partial charge in [0.1, 0.15) is 5.75 Å². The van der Waals surface area contributed by atoms with Gasteiger partial charge in [0.05, 0.1) is 0 Å². The Bertz CT molecular complexity index is 720. The fraction of sp³-hybridized carbons (Fsp3) is 0. The quantitative estimate of drug-likeness (QED) is 0.662. The second-order valence-electron chi connectivity index (χ2n) is 4.16. The minimum Gasteiger partial charge on any atom is -0.439 e. The molecule has 0 saturated heterocycles. The molecule has 0 fully saturated rings. The molecule has 2 aromatic carbocycles. The topological polar surface area (TPSA) is 39.2 Å². The average Bonchev–Trinajstić information content (AvgIpc) is 2.48. The summed E-state index contributed by atoms with van der Waals surface area (Å²) in [5.74, 6) is 1.20. The van der Waals surface area contributed by atoms with E-state index in [0.717, 1.165) is 17.4 Å². The number of carbonyl (C=O) groups is 1. The van der Waals surface area contributed by atoms with Gasteiger partial charge in [-0.2, -0.15) is 0 Å². The summed E-state index contributed by atoms with van der Waals surface area (Å²) in [4.78, 5) is 14.6. The van der Waals surface area contributed by atoms with Crippen LogP contribution in [0.5, 0.6) is 11.6 Å². The number of hydrogen-bond donors (Lipinski definition) is 0. The second-order valence-corrected chi connectivity index (χ2v) is 4.16. The molecule has 0 spiro atoms. The summed E-state index contributed by atoms with van der Waals surface area (Å²) in [6.07, 6.45) is 2.25. The van der Waals surface area contributed by atoms with E-state index in [9.17, 15) is 4.79 Å². The van der Waals surface area contributed by atoms with Gasteiger partial charge in [-0.05, 0) is 29.0 Å². The van der Waals surface area contributed by atoms with Crippen molar-refractivity contribution in [3.63, 3.8) is 0 Å². The highest BCUT2D eigenvalue weighted by Crippen LogP contribution is 2.24. The van der Waals surface area contributed by atoms with E-state index in [1.807, 2.05) is 36.4 Å². The summed E-state index contributed by atoms with van der Waals surface area (Å²) in [7, 11) is 0. The summed E-state index contributed by atoms with van der Waals surface area (Å²) >= 11 is 0. The molecule has 0 unspecified atom stereocenters. The molecule has 0 aliphatic rings. The fourth-order valence-electron chi connectivity index (χ4n) is 1.87. The Labute approximate surface area is 110 Å². The third-order valence-electron chi connectivity index (χ3n) is 2.84. The Morgan fingerprint density at radius 2 is 1.79 bits per heavy atom. The minimum absolute atomic E-state index is 0.473. The van der Waals surface area contributed by atoms with Crippen LogP contribution in [0.3, 0.4) is 0 Å². The van der Waals surface area contributed by atoms with Gasteiger partial charge in [0.2, 0.25) is 5.88 Å². The lowest BCUT2D eigenvalue weighted by atomic mass is 10.1. The van der Waals surface area contributed by atoms with Crippen LogP contribution in [-0.4, -0.2) is 11.3 Å². The van der Waals surface area contributed by atoms with Crippen molar-refractivity contribution in [1.29, 1.82) is 0 Å².